The number of aromatic nitrogens is 2. The molecule has 1 saturated heterocycles. The lowest BCUT2D eigenvalue weighted by molar-refractivity contribution is -0.0494. The van der Waals surface area contributed by atoms with Gasteiger partial charge in [0.05, 0.1) is 17.8 Å². The lowest BCUT2D eigenvalue weighted by atomic mass is 10.1. The van der Waals surface area contributed by atoms with Gasteiger partial charge in [-0.2, -0.15) is 0 Å². The van der Waals surface area contributed by atoms with Crippen molar-refractivity contribution in [3.8, 4) is 11.3 Å². The Morgan fingerprint density at radius 3 is 2.53 bits per heavy atom. The fourth-order valence-electron chi connectivity index (χ4n) is 3.60. The van der Waals surface area contributed by atoms with Crippen LogP contribution in [0.5, 0.6) is 0 Å². The molecule has 10 heteroatoms. The summed E-state index contributed by atoms with van der Waals surface area (Å²) in [4.78, 5) is 34.5. The highest BCUT2D eigenvalue weighted by Crippen LogP contribution is 2.29. The van der Waals surface area contributed by atoms with E-state index < -0.39 is 17.6 Å². The zero-order valence-electron chi connectivity index (χ0n) is 19.2. The van der Waals surface area contributed by atoms with Crippen molar-refractivity contribution < 1.29 is 27.5 Å². The third-order valence-electron chi connectivity index (χ3n) is 5.32. The second-order valence-electron chi connectivity index (χ2n) is 9.27. The quantitative estimate of drug-likeness (QED) is 0.587. The average Bonchev–Trinajstić information content (AvgIpc) is 3.18. The van der Waals surface area contributed by atoms with Gasteiger partial charge in [-0.05, 0) is 45.0 Å². The molecule has 0 aromatic carbocycles. The molecule has 1 aliphatic rings. The number of carbonyl (C=O) groups is 2. The summed E-state index contributed by atoms with van der Waals surface area (Å²) in [6.45, 7) is 5.55. The van der Waals surface area contributed by atoms with E-state index in [1.165, 1.54) is 11.1 Å². The Morgan fingerprint density at radius 1 is 1.15 bits per heavy atom. The Hall–Kier alpha value is -3.56. The highest BCUT2D eigenvalue weighted by atomic mass is 19.3. The Kier molecular flexibility index (Phi) is 6.24. The van der Waals surface area contributed by atoms with Gasteiger partial charge in [0.2, 0.25) is 5.71 Å². The third kappa shape index (κ3) is 5.67. The van der Waals surface area contributed by atoms with Crippen LogP contribution in [0.2, 0.25) is 0 Å². The maximum Gasteiger partial charge on any atom is 0.408 e. The van der Waals surface area contributed by atoms with Gasteiger partial charge in [0.25, 0.3) is 11.8 Å². The van der Waals surface area contributed by atoms with Crippen molar-refractivity contribution in [1.82, 2.24) is 20.2 Å². The molecule has 1 N–H and O–H groups in total. The van der Waals surface area contributed by atoms with Gasteiger partial charge in [-0.25, -0.2) is 18.6 Å². The summed E-state index contributed by atoms with van der Waals surface area (Å²) in [6.07, 6.45) is 1.86. The Balaban J connectivity index is 1.42. The van der Waals surface area contributed by atoms with E-state index in [9.17, 15) is 18.4 Å². The minimum atomic E-state index is -2.71. The van der Waals surface area contributed by atoms with Crippen LogP contribution < -0.4 is 5.32 Å². The Labute approximate surface area is 195 Å². The van der Waals surface area contributed by atoms with Crippen LogP contribution in [0.15, 0.2) is 41.1 Å². The number of alkyl carbamates (subject to hydrolysis) is 1. The zero-order chi connectivity index (χ0) is 24.5. The number of pyridine rings is 2. The maximum absolute atomic E-state index is 13.3. The van der Waals surface area contributed by atoms with E-state index >= 15 is 0 Å². The van der Waals surface area contributed by atoms with Crippen molar-refractivity contribution in [2.45, 2.75) is 51.7 Å². The van der Waals surface area contributed by atoms with Gasteiger partial charge in [0, 0.05) is 49.3 Å². The number of piperidine rings is 1. The molecular formula is C24H26F2N4O4. The van der Waals surface area contributed by atoms with Gasteiger partial charge in [-0.3, -0.25) is 9.78 Å². The van der Waals surface area contributed by atoms with Crippen LogP contribution >= 0.6 is 0 Å². The number of amides is 2. The molecule has 0 aliphatic carbocycles. The first kappa shape index (κ1) is 23.6. The van der Waals surface area contributed by atoms with Gasteiger partial charge in [0.1, 0.15) is 11.4 Å². The minimum Gasteiger partial charge on any atom is -0.444 e. The number of likely N-dealkylation sites (tertiary alicyclic amines) is 1. The number of hydrogen-bond donors (Lipinski definition) is 1. The summed E-state index contributed by atoms with van der Waals surface area (Å²) in [5, 5.41) is 3.37. The number of rotatable bonds is 4. The molecule has 0 radical (unpaired) electrons. The molecule has 34 heavy (non-hydrogen) atoms. The second kappa shape index (κ2) is 9.00. The standard InChI is InChI=1S/C24H26F2N4O4/c1-23(2,3)34-22(32)29-14-18-11-16-10-17(13-28-20(16)33-18)19-5-4-15(12-27-19)21(31)30-8-6-24(25,26)7-9-30/h4-5,10-13H,6-9,14H2,1-3H3,(H,29,32). The van der Waals surface area contributed by atoms with E-state index in [2.05, 4.69) is 15.3 Å². The summed E-state index contributed by atoms with van der Waals surface area (Å²) in [5.74, 6) is -2.49. The smallest absolute Gasteiger partial charge is 0.408 e. The number of hydrogen-bond acceptors (Lipinski definition) is 6. The number of alkyl halides is 2. The molecule has 0 bridgehead atoms. The van der Waals surface area contributed by atoms with Crippen LogP contribution in [0, 0.1) is 0 Å². The predicted molar refractivity (Wildman–Crippen MR) is 120 cm³/mol. The summed E-state index contributed by atoms with van der Waals surface area (Å²) in [5.41, 5.74) is 1.49. The summed E-state index contributed by atoms with van der Waals surface area (Å²) in [7, 11) is 0. The molecule has 0 unspecified atom stereocenters. The van der Waals surface area contributed by atoms with Crippen LogP contribution in [0.4, 0.5) is 13.6 Å². The third-order valence-corrected chi connectivity index (χ3v) is 5.32. The summed E-state index contributed by atoms with van der Waals surface area (Å²) in [6, 6.07) is 6.94. The molecule has 8 nitrogen and oxygen atoms in total. The van der Waals surface area contributed by atoms with Gasteiger partial charge in [-0.15, -0.1) is 0 Å². The first-order valence-corrected chi connectivity index (χ1v) is 11.0. The maximum atomic E-state index is 13.3. The number of furan rings is 1. The molecule has 1 aliphatic heterocycles. The number of nitrogens with zero attached hydrogens (tertiary/aromatic N) is 3. The molecule has 0 saturated carbocycles. The normalized spacial score (nSPS) is 15.9. The highest BCUT2D eigenvalue weighted by molar-refractivity contribution is 5.94. The van der Waals surface area contributed by atoms with Crippen LogP contribution in [0.1, 0.15) is 49.7 Å². The van der Waals surface area contributed by atoms with E-state index in [0.717, 1.165) is 10.9 Å². The van der Waals surface area contributed by atoms with Crippen molar-refractivity contribution in [2.24, 2.45) is 0 Å². The molecule has 4 rings (SSSR count). The fourth-order valence-corrected chi connectivity index (χ4v) is 3.60. The van der Waals surface area contributed by atoms with Crippen molar-refractivity contribution in [3.63, 3.8) is 0 Å². The van der Waals surface area contributed by atoms with E-state index in [4.69, 9.17) is 9.15 Å². The van der Waals surface area contributed by atoms with Crippen LogP contribution in [0.25, 0.3) is 22.4 Å². The van der Waals surface area contributed by atoms with Crippen molar-refractivity contribution in [1.29, 1.82) is 0 Å². The van der Waals surface area contributed by atoms with Gasteiger partial charge in [-0.1, -0.05) is 0 Å². The van der Waals surface area contributed by atoms with Crippen molar-refractivity contribution >= 4 is 23.1 Å². The number of ether oxygens (including phenoxy) is 1. The molecule has 3 aromatic rings. The monoisotopic (exact) mass is 472 g/mol. The van der Waals surface area contributed by atoms with Crippen LogP contribution in [0.3, 0.4) is 0 Å². The number of fused-ring (bicyclic) bond motifs is 1. The van der Waals surface area contributed by atoms with E-state index in [-0.39, 0.29) is 38.4 Å². The minimum absolute atomic E-state index is 0.0276. The largest absolute Gasteiger partial charge is 0.444 e. The molecule has 180 valence electrons. The molecule has 0 atom stereocenters. The molecular weight excluding hydrogens is 446 g/mol. The SMILES string of the molecule is CC(C)(C)OC(=O)NCc1cc2cc(-c3ccc(C(=O)N4CCC(F)(F)CC4)cn3)cnc2o1. The lowest BCUT2D eigenvalue weighted by Crippen LogP contribution is -2.42. The van der Waals surface area contributed by atoms with Gasteiger partial charge in [0.15, 0.2) is 0 Å². The predicted octanol–water partition coefficient (Wildman–Crippen LogP) is 4.79. The topological polar surface area (TPSA) is 97.6 Å². The van der Waals surface area contributed by atoms with Crippen molar-refractivity contribution in [2.75, 3.05) is 13.1 Å². The highest BCUT2D eigenvalue weighted by Gasteiger charge is 2.35. The van der Waals surface area contributed by atoms with Crippen LogP contribution in [-0.4, -0.2) is 51.5 Å². The molecule has 3 aromatic heterocycles. The summed E-state index contributed by atoms with van der Waals surface area (Å²) < 4.78 is 37.6. The molecule has 1 fully saturated rings. The second-order valence-corrected chi connectivity index (χ2v) is 9.27. The Bertz CT molecular complexity index is 1190. The molecule has 4 heterocycles. The fraction of sp³-hybridized carbons (Fsp3) is 0.417. The number of halogens is 2. The van der Waals surface area contributed by atoms with E-state index in [1.807, 2.05) is 6.07 Å². The first-order valence-electron chi connectivity index (χ1n) is 11.0. The Morgan fingerprint density at radius 2 is 1.88 bits per heavy atom. The lowest BCUT2D eigenvalue weighted by Gasteiger charge is -2.31. The molecule has 2 amide bonds. The zero-order valence-corrected chi connectivity index (χ0v) is 19.2. The molecule has 0 spiro atoms. The average molecular weight is 472 g/mol. The first-order chi connectivity index (χ1) is 16.0. The van der Waals surface area contributed by atoms with Gasteiger partial charge < -0.3 is 19.4 Å². The number of carbonyl (C=O) groups excluding carboxylic acids is 2. The summed E-state index contributed by atoms with van der Waals surface area (Å²) >= 11 is 0. The van der Waals surface area contributed by atoms with E-state index in [1.54, 1.807) is 45.2 Å². The number of nitrogens with one attached hydrogen (secondary N) is 1. The van der Waals surface area contributed by atoms with E-state index in [0.29, 0.717) is 22.7 Å². The van der Waals surface area contributed by atoms with Crippen LogP contribution in [-0.2, 0) is 11.3 Å². The van der Waals surface area contributed by atoms with Gasteiger partial charge >= 0.3 is 6.09 Å². The van der Waals surface area contributed by atoms with Crippen molar-refractivity contribution in [3.05, 3.63) is 48.0 Å².